The highest BCUT2D eigenvalue weighted by molar-refractivity contribution is 5.81. The van der Waals surface area contributed by atoms with Gasteiger partial charge in [-0.3, -0.25) is 25.0 Å². The van der Waals surface area contributed by atoms with E-state index in [9.17, 15) is 40.8 Å². The number of rotatable bonds is 8. The molecule has 3 aliphatic heterocycles. The van der Waals surface area contributed by atoms with Gasteiger partial charge in [-0.05, 0) is 83.9 Å². The Morgan fingerprint density at radius 3 is 1.71 bits per heavy atom. The number of hydrogen-bond donors (Lipinski definition) is 0. The Bertz CT molecular complexity index is 3190. The third kappa shape index (κ3) is 11.4. The Morgan fingerprint density at radius 1 is 0.681 bits per heavy atom. The van der Waals surface area contributed by atoms with E-state index in [1.807, 2.05) is 6.07 Å². The SMILES string of the molecule is COc1ccc(C=O)c([N+](=O)[O-])c1.[C-]#[N+]C([N+]#[C-])=C1OC(C)(C)C(/C=C/c2ccc(/C=C/C3=C(C#N)C(=C(C#N)C#N)OC3(C)C)c([N+](=O)[O-])c2)=C1[N+]#[C-].[C-]#[N+]C1=C(C)C(C)(C)O/C1=C(\C#N)[N+]#[C-]. The first-order chi connectivity index (χ1) is 32.5. The molecular formula is C49H35N11O9. The molecule has 0 radical (unpaired) electrons. The van der Waals surface area contributed by atoms with Crippen molar-refractivity contribution in [1.29, 1.82) is 21.0 Å². The molecule has 20 heteroatoms. The maximum atomic E-state index is 11.9. The third-order valence-corrected chi connectivity index (χ3v) is 10.1. The maximum Gasteiger partial charge on any atom is 0.550 e. The monoisotopic (exact) mass is 921 g/mol. The zero-order chi connectivity index (χ0) is 52.0. The van der Waals surface area contributed by atoms with Crippen LogP contribution in [0.25, 0.3) is 36.4 Å². The fraction of sp³-hybridized carbons (Fsp3) is 0.224. The average Bonchev–Trinajstić information content (AvgIpc) is 3.84. The molecule has 0 bridgehead atoms. The standard InChI is InChI=1S/C30H19N7O4.C11H9N3O.C8H7NO4/c1-29(2)22(21(17-33)26(40-29)20(15-31)16-32)13-11-19-10-8-18(14-24(19)37(38)39)9-12-23-25(34-5)27(28(35-6)36-7)41-30(23,3)4;1-7-9(14-5)10(8(6-12)13-4)15-11(7,2)3;1-13-7-3-2-6(5-10)8(4-7)9(11)12/h8-14H,1-4H3;1-3H3;2-5H,1H3/b12-9+,13-11+;10-8+;. The first-order valence-electron chi connectivity index (χ1n) is 19.5. The molecular weight excluding hydrogens is 887 g/mol. The van der Waals surface area contributed by atoms with Crippen molar-refractivity contribution in [3.63, 3.8) is 0 Å². The number of nitro benzene ring substituents is 2. The van der Waals surface area contributed by atoms with E-state index in [4.69, 9.17) is 57.1 Å². The van der Waals surface area contributed by atoms with Gasteiger partial charge in [0.25, 0.3) is 17.1 Å². The number of benzene rings is 2. The number of carbonyl (C=O) groups excluding carboxylic acids is 1. The summed E-state index contributed by atoms with van der Waals surface area (Å²) in [4.78, 5) is 47.7. The molecule has 0 fully saturated rings. The average molecular weight is 922 g/mol. The molecule has 0 aromatic heterocycles. The third-order valence-electron chi connectivity index (χ3n) is 10.1. The first kappa shape index (κ1) is 52.8. The van der Waals surface area contributed by atoms with Gasteiger partial charge in [0.2, 0.25) is 17.2 Å². The fourth-order valence-electron chi connectivity index (χ4n) is 6.40. The van der Waals surface area contributed by atoms with Crippen LogP contribution < -0.4 is 4.74 Å². The van der Waals surface area contributed by atoms with Crippen LogP contribution in [0.2, 0.25) is 0 Å². The topological polar surface area (TPSA) is 257 Å². The van der Waals surface area contributed by atoms with Gasteiger partial charge in [-0.2, -0.15) is 25.5 Å². The van der Waals surface area contributed by atoms with E-state index in [1.54, 1.807) is 84.9 Å². The minimum atomic E-state index is -1.08. The predicted molar refractivity (Wildman–Crippen MR) is 245 cm³/mol. The smallest absolute Gasteiger partial charge is 0.506 e. The zero-order valence-corrected chi connectivity index (χ0v) is 37.9. The van der Waals surface area contributed by atoms with E-state index in [-0.39, 0.29) is 73.8 Å². The molecule has 0 N–H and O–H groups in total. The van der Waals surface area contributed by atoms with Crippen LogP contribution in [-0.2, 0) is 14.2 Å². The van der Waals surface area contributed by atoms with Crippen LogP contribution in [0, 0.1) is 98.4 Å². The van der Waals surface area contributed by atoms with E-state index in [1.165, 1.54) is 49.6 Å². The van der Waals surface area contributed by atoms with Gasteiger partial charge in [-0.25, -0.2) is 19.8 Å². The Balaban J connectivity index is 0.000000363. The normalized spacial score (nSPS) is 16.2. The molecule has 2 aromatic rings. The van der Waals surface area contributed by atoms with Gasteiger partial charge in [0.1, 0.15) is 65.2 Å². The van der Waals surface area contributed by atoms with Crippen molar-refractivity contribution in [1.82, 2.24) is 0 Å². The van der Waals surface area contributed by atoms with E-state index >= 15 is 0 Å². The fourth-order valence-corrected chi connectivity index (χ4v) is 6.40. The lowest BCUT2D eigenvalue weighted by molar-refractivity contribution is -0.385. The summed E-state index contributed by atoms with van der Waals surface area (Å²) in [5.41, 5.74) is -1.18. The summed E-state index contributed by atoms with van der Waals surface area (Å²) in [7, 11) is 1.40. The summed E-state index contributed by atoms with van der Waals surface area (Å²) in [5, 5.41) is 59.3. The van der Waals surface area contributed by atoms with Crippen LogP contribution in [0.4, 0.5) is 11.4 Å². The molecule has 0 saturated heterocycles. The first-order valence-corrected chi connectivity index (χ1v) is 19.5. The summed E-state index contributed by atoms with van der Waals surface area (Å²) in [6.45, 7) is 47.8. The van der Waals surface area contributed by atoms with Gasteiger partial charge >= 0.3 is 5.82 Å². The number of nitro groups is 2. The van der Waals surface area contributed by atoms with Crippen LogP contribution in [0.15, 0.2) is 117 Å². The number of ether oxygens (including phenoxy) is 4. The number of nitrogens with zero attached hydrogens (tertiary/aromatic N) is 11. The number of hydrogen-bond acceptors (Lipinski definition) is 13. The lowest BCUT2D eigenvalue weighted by atomic mass is 9.93. The molecule has 69 heavy (non-hydrogen) atoms. The highest BCUT2D eigenvalue weighted by Gasteiger charge is 2.42. The second-order valence-corrected chi connectivity index (χ2v) is 15.4. The van der Waals surface area contributed by atoms with Gasteiger partial charge < -0.3 is 18.9 Å². The quantitative estimate of drug-likeness (QED) is 0.0785. The molecule has 340 valence electrons. The molecule has 0 aliphatic carbocycles. The van der Waals surface area contributed by atoms with Crippen molar-refractivity contribution in [3.05, 3.63) is 211 Å². The highest BCUT2D eigenvalue weighted by Crippen LogP contribution is 2.43. The van der Waals surface area contributed by atoms with Crippen molar-refractivity contribution in [2.24, 2.45) is 0 Å². The second kappa shape index (κ2) is 21.9. The summed E-state index contributed by atoms with van der Waals surface area (Å²) in [6.07, 6.45) is 6.51. The largest absolute Gasteiger partial charge is 0.550 e. The van der Waals surface area contributed by atoms with Gasteiger partial charge in [0.05, 0.1) is 59.9 Å². The number of nitriles is 4. The molecule has 2 aromatic carbocycles. The highest BCUT2D eigenvalue weighted by atomic mass is 16.6. The van der Waals surface area contributed by atoms with Crippen LogP contribution >= 0.6 is 0 Å². The second-order valence-electron chi connectivity index (χ2n) is 15.4. The van der Waals surface area contributed by atoms with Crippen molar-refractivity contribution < 1.29 is 33.6 Å². The molecule has 5 rings (SSSR count). The van der Waals surface area contributed by atoms with Crippen LogP contribution in [0.1, 0.15) is 70.0 Å². The Hall–Kier alpha value is -10.6. The van der Waals surface area contributed by atoms with E-state index in [2.05, 4.69) is 24.2 Å². The molecule has 20 nitrogen and oxygen atoms in total. The van der Waals surface area contributed by atoms with E-state index < -0.39 is 26.6 Å². The van der Waals surface area contributed by atoms with Crippen molar-refractivity contribution >= 4 is 29.8 Å². The van der Waals surface area contributed by atoms with Crippen molar-refractivity contribution in [3.8, 4) is 30.0 Å². The minimum absolute atomic E-state index is 0.00940. The molecule has 0 atom stereocenters. The molecule has 0 amide bonds. The lowest BCUT2D eigenvalue weighted by Crippen LogP contribution is -2.20. The Kier molecular flexibility index (Phi) is 16.7. The number of allylic oxidation sites excluding steroid dienone is 3. The molecule has 3 aliphatic rings. The molecule has 0 saturated carbocycles. The zero-order valence-electron chi connectivity index (χ0n) is 37.9. The van der Waals surface area contributed by atoms with Crippen LogP contribution in [-0.4, -0.2) is 40.0 Å². The summed E-state index contributed by atoms with van der Waals surface area (Å²) < 4.78 is 21.7. The van der Waals surface area contributed by atoms with E-state index in [0.717, 1.165) is 5.57 Å². The Morgan fingerprint density at radius 2 is 1.22 bits per heavy atom. The Labute approximate surface area is 396 Å². The number of carbonyl (C=O) groups is 1. The van der Waals surface area contributed by atoms with Gasteiger partial charge in [-0.15, -0.1) is 0 Å². The molecule has 3 heterocycles. The van der Waals surface area contributed by atoms with Gasteiger partial charge in [0, 0.05) is 17.2 Å². The van der Waals surface area contributed by atoms with Crippen molar-refractivity contribution in [2.75, 3.05) is 7.11 Å². The van der Waals surface area contributed by atoms with Gasteiger partial charge in [0.15, 0.2) is 17.6 Å². The van der Waals surface area contributed by atoms with E-state index in [0.29, 0.717) is 28.7 Å². The summed E-state index contributed by atoms with van der Waals surface area (Å²) >= 11 is 0. The predicted octanol–water partition coefficient (Wildman–Crippen LogP) is 10.6. The van der Waals surface area contributed by atoms with Crippen molar-refractivity contribution in [2.45, 2.75) is 65.3 Å². The molecule has 0 spiro atoms. The number of aldehydes is 1. The maximum absolute atomic E-state index is 11.9. The molecule has 0 unspecified atom stereocenters. The lowest BCUT2D eigenvalue weighted by Gasteiger charge is -2.21. The number of methoxy groups -OCH3 is 1. The summed E-state index contributed by atoms with van der Waals surface area (Å²) in [6, 6.07) is 15.6. The van der Waals surface area contributed by atoms with Crippen LogP contribution in [0.5, 0.6) is 5.75 Å². The summed E-state index contributed by atoms with van der Waals surface area (Å²) in [5.74, 6) is -0.117. The van der Waals surface area contributed by atoms with Crippen LogP contribution in [0.3, 0.4) is 0 Å². The van der Waals surface area contributed by atoms with Gasteiger partial charge in [-0.1, -0.05) is 24.3 Å². The minimum Gasteiger partial charge on any atom is -0.506 e.